The molecule has 0 amide bonds. The number of hydrogen-bond acceptors (Lipinski definition) is 3. The van der Waals surface area contributed by atoms with E-state index in [1.807, 2.05) is 45.0 Å². The van der Waals surface area contributed by atoms with Crippen LogP contribution in [0.25, 0.3) is 0 Å². The molecule has 112 valence electrons. The van der Waals surface area contributed by atoms with Crippen LogP contribution in [-0.4, -0.2) is 16.1 Å². The van der Waals surface area contributed by atoms with Gasteiger partial charge in [0, 0.05) is 17.7 Å². The molecule has 0 saturated heterocycles. The minimum absolute atomic E-state index is 0.0941. The third kappa shape index (κ3) is 3.82. The molecule has 21 heavy (non-hydrogen) atoms. The number of para-hydroxylation sites is 1. The molecule has 2 rings (SSSR count). The summed E-state index contributed by atoms with van der Waals surface area (Å²) in [6.07, 6.45) is 1.35. The highest BCUT2D eigenvalue weighted by Crippen LogP contribution is 2.22. The van der Waals surface area contributed by atoms with Gasteiger partial charge in [0.1, 0.15) is 5.75 Å². The topological polar surface area (TPSA) is 57.9 Å². The lowest BCUT2D eigenvalue weighted by molar-refractivity contribution is 0.240. The highest BCUT2D eigenvalue weighted by atomic mass is 32.1. The Morgan fingerprint density at radius 3 is 2.62 bits per heavy atom. The number of benzene rings is 1. The molecule has 0 bridgehead atoms. The second kappa shape index (κ2) is 6.72. The molecular formula is C16H20N2O2S. The van der Waals surface area contributed by atoms with Crippen molar-refractivity contribution < 1.29 is 4.74 Å². The van der Waals surface area contributed by atoms with Crippen LogP contribution in [0.4, 0.5) is 0 Å². The summed E-state index contributed by atoms with van der Waals surface area (Å²) in [5, 5.41) is 0. The molecule has 4 nitrogen and oxygen atoms in total. The molecule has 0 aliphatic rings. The van der Waals surface area contributed by atoms with E-state index in [-0.39, 0.29) is 11.7 Å². The molecule has 0 aliphatic heterocycles. The summed E-state index contributed by atoms with van der Waals surface area (Å²) >= 11 is 5.02. The average molecular weight is 304 g/mol. The van der Waals surface area contributed by atoms with Gasteiger partial charge in [-0.2, -0.15) is 0 Å². The number of H-pyrrole nitrogens is 2. The molecule has 2 aromatic rings. The summed E-state index contributed by atoms with van der Waals surface area (Å²) in [6.45, 7) is 5.97. The summed E-state index contributed by atoms with van der Waals surface area (Å²) in [7, 11) is 0. The molecule has 0 aliphatic carbocycles. The molecule has 0 saturated carbocycles. The third-order valence-corrected chi connectivity index (χ3v) is 3.39. The summed E-state index contributed by atoms with van der Waals surface area (Å²) in [5.41, 5.74) is 2.46. The fourth-order valence-corrected chi connectivity index (χ4v) is 2.47. The van der Waals surface area contributed by atoms with Crippen molar-refractivity contribution in [2.75, 3.05) is 0 Å². The monoisotopic (exact) mass is 304 g/mol. The normalized spacial score (nSPS) is 10.9. The van der Waals surface area contributed by atoms with Crippen molar-refractivity contribution in [1.82, 2.24) is 9.97 Å². The van der Waals surface area contributed by atoms with E-state index in [0.717, 1.165) is 23.4 Å². The first-order valence-corrected chi connectivity index (χ1v) is 7.51. The highest BCUT2D eigenvalue weighted by Gasteiger charge is 2.12. The van der Waals surface area contributed by atoms with Crippen molar-refractivity contribution >= 4 is 12.2 Å². The van der Waals surface area contributed by atoms with E-state index in [1.165, 1.54) is 0 Å². The first-order chi connectivity index (χ1) is 10.0. The standard InChI is InChI=1S/C16H20N2O2S/c1-4-13-12(15(19)18-16(21)17-13)9-11-7-5-6-8-14(11)20-10(2)3/h5-8,10H,4,9H2,1-3H3,(H2,17,18,19,21). The largest absolute Gasteiger partial charge is 0.491 e. The SMILES string of the molecule is CCc1[nH]c(=S)[nH]c(=O)c1Cc1ccccc1OC(C)C. The van der Waals surface area contributed by atoms with E-state index < -0.39 is 0 Å². The molecule has 1 aromatic carbocycles. The third-order valence-electron chi connectivity index (χ3n) is 3.19. The maximum Gasteiger partial charge on any atom is 0.255 e. The van der Waals surface area contributed by atoms with Crippen LogP contribution in [0.5, 0.6) is 5.75 Å². The minimum atomic E-state index is -0.130. The Labute approximate surface area is 129 Å². The van der Waals surface area contributed by atoms with Crippen LogP contribution in [0.15, 0.2) is 29.1 Å². The predicted molar refractivity (Wildman–Crippen MR) is 86.6 cm³/mol. The molecule has 1 heterocycles. The van der Waals surface area contributed by atoms with Gasteiger partial charge in [0.15, 0.2) is 4.77 Å². The summed E-state index contributed by atoms with van der Waals surface area (Å²) in [5.74, 6) is 0.816. The van der Waals surface area contributed by atoms with Gasteiger partial charge in [-0.15, -0.1) is 0 Å². The lowest BCUT2D eigenvalue weighted by Gasteiger charge is -2.15. The Morgan fingerprint density at radius 2 is 1.95 bits per heavy atom. The van der Waals surface area contributed by atoms with Crippen LogP contribution < -0.4 is 10.3 Å². The Morgan fingerprint density at radius 1 is 1.24 bits per heavy atom. The van der Waals surface area contributed by atoms with Gasteiger partial charge in [0.25, 0.3) is 5.56 Å². The van der Waals surface area contributed by atoms with Crippen LogP contribution in [0.3, 0.4) is 0 Å². The van der Waals surface area contributed by atoms with Gasteiger partial charge in [-0.05, 0) is 44.1 Å². The van der Waals surface area contributed by atoms with E-state index in [9.17, 15) is 4.79 Å². The fraction of sp³-hybridized carbons (Fsp3) is 0.375. The van der Waals surface area contributed by atoms with Crippen molar-refractivity contribution in [2.24, 2.45) is 0 Å². The van der Waals surface area contributed by atoms with Gasteiger partial charge in [0.2, 0.25) is 0 Å². The zero-order chi connectivity index (χ0) is 15.4. The van der Waals surface area contributed by atoms with Crippen LogP contribution in [0.2, 0.25) is 0 Å². The number of aryl methyl sites for hydroxylation is 1. The van der Waals surface area contributed by atoms with Gasteiger partial charge < -0.3 is 9.72 Å². The lowest BCUT2D eigenvalue weighted by atomic mass is 10.0. The number of hydrogen-bond donors (Lipinski definition) is 2. The number of rotatable bonds is 5. The lowest BCUT2D eigenvalue weighted by Crippen LogP contribution is -2.18. The fourth-order valence-electron chi connectivity index (χ4n) is 2.26. The van der Waals surface area contributed by atoms with E-state index in [2.05, 4.69) is 9.97 Å². The predicted octanol–water partition coefficient (Wildman–Crippen LogP) is 3.37. The molecule has 0 unspecified atom stereocenters. The maximum absolute atomic E-state index is 12.2. The molecule has 0 radical (unpaired) electrons. The second-order valence-electron chi connectivity index (χ2n) is 5.17. The molecule has 0 fully saturated rings. The van der Waals surface area contributed by atoms with Crippen LogP contribution in [0, 0.1) is 4.77 Å². The highest BCUT2D eigenvalue weighted by molar-refractivity contribution is 7.71. The molecule has 1 aromatic heterocycles. The Hall–Kier alpha value is -1.88. The maximum atomic E-state index is 12.2. The number of nitrogens with one attached hydrogen (secondary N) is 2. The zero-order valence-corrected chi connectivity index (χ0v) is 13.3. The van der Waals surface area contributed by atoms with E-state index in [0.29, 0.717) is 16.8 Å². The minimum Gasteiger partial charge on any atom is -0.491 e. The second-order valence-corrected chi connectivity index (χ2v) is 5.58. The quantitative estimate of drug-likeness (QED) is 0.833. The first kappa shape index (κ1) is 15.5. The van der Waals surface area contributed by atoms with Crippen molar-refractivity contribution in [3.8, 4) is 5.75 Å². The van der Waals surface area contributed by atoms with Gasteiger partial charge in [-0.3, -0.25) is 9.78 Å². The number of aromatic amines is 2. The number of ether oxygens (including phenoxy) is 1. The molecule has 5 heteroatoms. The summed E-state index contributed by atoms with van der Waals surface area (Å²) < 4.78 is 6.18. The summed E-state index contributed by atoms with van der Waals surface area (Å²) in [4.78, 5) is 17.9. The van der Waals surface area contributed by atoms with Crippen LogP contribution >= 0.6 is 12.2 Å². The van der Waals surface area contributed by atoms with Gasteiger partial charge >= 0.3 is 0 Å². The smallest absolute Gasteiger partial charge is 0.255 e. The van der Waals surface area contributed by atoms with Crippen LogP contribution in [0.1, 0.15) is 37.6 Å². The van der Waals surface area contributed by atoms with Crippen molar-refractivity contribution in [3.05, 3.63) is 56.2 Å². The first-order valence-electron chi connectivity index (χ1n) is 7.10. The van der Waals surface area contributed by atoms with Gasteiger partial charge in [0.05, 0.1) is 6.10 Å². The van der Waals surface area contributed by atoms with Crippen molar-refractivity contribution in [3.63, 3.8) is 0 Å². The zero-order valence-electron chi connectivity index (χ0n) is 12.5. The van der Waals surface area contributed by atoms with Gasteiger partial charge in [-0.1, -0.05) is 25.1 Å². The molecule has 0 atom stereocenters. The molecule has 0 spiro atoms. The van der Waals surface area contributed by atoms with E-state index in [1.54, 1.807) is 0 Å². The van der Waals surface area contributed by atoms with Crippen molar-refractivity contribution in [2.45, 2.75) is 39.7 Å². The van der Waals surface area contributed by atoms with Crippen molar-refractivity contribution in [1.29, 1.82) is 0 Å². The Balaban J connectivity index is 2.44. The van der Waals surface area contributed by atoms with E-state index in [4.69, 9.17) is 17.0 Å². The van der Waals surface area contributed by atoms with Gasteiger partial charge in [-0.25, -0.2) is 0 Å². The summed E-state index contributed by atoms with van der Waals surface area (Å²) in [6, 6.07) is 7.80. The van der Waals surface area contributed by atoms with E-state index >= 15 is 0 Å². The molecule has 2 N–H and O–H groups in total. The average Bonchev–Trinajstić information content (AvgIpc) is 2.42. The Bertz CT molecular complexity index is 732. The number of aromatic nitrogens is 2. The Kier molecular flexibility index (Phi) is 4.96. The van der Waals surface area contributed by atoms with Crippen LogP contribution in [-0.2, 0) is 12.8 Å². The molecular weight excluding hydrogens is 284 g/mol.